The summed E-state index contributed by atoms with van der Waals surface area (Å²) in [6.07, 6.45) is -0.304. The van der Waals surface area contributed by atoms with Crippen molar-refractivity contribution in [2.45, 2.75) is 56.3 Å². The minimum Gasteiger partial charge on any atom is -0.481 e. The second-order valence-electron chi connectivity index (χ2n) is 7.18. The van der Waals surface area contributed by atoms with E-state index < -0.39 is 78.5 Å². The van der Waals surface area contributed by atoms with Crippen molar-refractivity contribution < 1.29 is 43.8 Å². The molecule has 0 heterocycles. The maximum atomic E-state index is 12.7. The van der Waals surface area contributed by atoms with Gasteiger partial charge in [0.15, 0.2) is 0 Å². The molecule has 0 saturated carbocycles. The van der Waals surface area contributed by atoms with E-state index in [0.717, 1.165) is 0 Å². The molecule has 0 aliphatic carbocycles. The lowest BCUT2D eigenvalue weighted by atomic mass is 10.1. The van der Waals surface area contributed by atoms with Crippen molar-refractivity contribution in [3.05, 3.63) is 0 Å². The van der Waals surface area contributed by atoms with Gasteiger partial charge in [-0.2, -0.15) is 11.8 Å². The lowest BCUT2D eigenvalue weighted by Crippen LogP contribution is -2.58. The highest BCUT2D eigenvalue weighted by molar-refractivity contribution is 7.98. The summed E-state index contributed by atoms with van der Waals surface area (Å²) >= 11 is 1.35. The number of carboxylic acid groups (broad SMARTS) is 2. The maximum absolute atomic E-state index is 12.7. The highest BCUT2D eigenvalue weighted by Gasteiger charge is 2.31. The largest absolute Gasteiger partial charge is 0.481 e. The highest BCUT2D eigenvalue weighted by atomic mass is 32.2. The first kappa shape index (κ1) is 30.6. The van der Waals surface area contributed by atoms with E-state index in [2.05, 4.69) is 16.0 Å². The predicted molar refractivity (Wildman–Crippen MR) is 119 cm³/mol. The lowest BCUT2D eigenvalue weighted by Gasteiger charge is -2.24. The Morgan fingerprint density at radius 1 is 0.765 bits per heavy atom. The molecule has 0 fully saturated rings. The van der Waals surface area contributed by atoms with Crippen molar-refractivity contribution in [2.75, 3.05) is 12.0 Å². The van der Waals surface area contributed by atoms with Gasteiger partial charge in [0.1, 0.15) is 18.1 Å². The standard InChI is InChI=1S/C18H30N6O9S/c1-34-5-4-10(18(32)33)23-16(30)9(2-3-12(20)25)22-17(31)11(7-13(21)26)24-15(29)8(19)6-14(27)28/h8-11H,2-7,19H2,1H3,(H2,20,25)(H2,21,26)(H,22,31)(H,23,30)(H,24,29)(H,27,28)(H,32,33). The fourth-order valence-corrected chi connectivity index (χ4v) is 3.03. The van der Waals surface area contributed by atoms with E-state index in [1.807, 2.05) is 0 Å². The molecule has 0 aromatic carbocycles. The summed E-state index contributed by atoms with van der Waals surface area (Å²) in [7, 11) is 0. The Hall–Kier alpha value is -3.40. The molecule has 15 nitrogen and oxygen atoms in total. The Balaban J connectivity index is 5.57. The van der Waals surface area contributed by atoms with Gasteiger partial charge in [0, 0.05) is 6.42 Å². The van der Waals surface area contributed by atoms with Crippen LogP contribution in [0.4, 0.5) is 0 Å². The molecular weight excluding hydrogens is 476 g/mol. The third-order valence-corrected chi connectivity index (χ3v) is 4.95. The summed E-state index contributed by atoms with van der Waals surface area (Å²) in [6, 6.07) is -5.89. The fraction of sp³-hybridized carbons (Fsp3) is 0.611. The maximum Gasteiger partial charge on any atom is 0.326 e. The molecule has 0 aromatic heterocycles. The SMILES string of the molecule is CSCCC(NC(=O)C(CCC(N)=O)NC(=O)C(CC(N)=O)NC(=O)C(N)CC(=O)O)C(=O)O. The number of amides is 5. The number of carbonyl (C=O) groups excluding carboxylic acids is 5. The molecule has 0 aromatic rings. The number of hydrogen-bond acceptors (Lipinski definition) is 9. The van der Waals surface area contributed by atoms with Crippen LogP contribution >= 0.6 is 11.8 Å². The van der Waals surface area contributed by atoms with Gasteiger partial charge >= 0.3 is 11.9 Å². The Kier molecular flexibility index (Phi) is 13.9. The van der Waals surface area contributed by atoms with Crippen molar-refractivity contribution in [2.24, 2.45) is 17.2 Å². The summed E-state index contributed by atoms with van der Waals surface area (Å²) in [5, 5.41) is 24.6. The Labute approximate surface area is 198 Å². The van der Waals surface area contributed by atoms with Crippen molar-refractivity contribution >= 4 is 53.2 Å². The summed E-state index contributed by atoms with van der Waals surface area (Å²) in [5.74, 6) is -7.15. The van der Waals surface area contributed by atoms with E-state index in [9.17, 15) is 38.7 Å². The van der Waals surface area contributed by atoms with Gasteiger partial charge in [-0.3, -0.25) is 28.8 Å². The highest BCUT2D eigenvalue weighted by Crippen LogP contribution is 2.05. The van der Waals surface area contributed by atoms with E-state index in [-0.39, 0.29) is 19.3 Å². The monoisotopic (exact) mass is 506 g/mol. The molecule has 0 spiro atoms. The van der Waals surface area contributed by atoms with Crippen molar-refractivity contribution in [1.82, 2.24) is 16.0 Å². The van der Waals surface area contributed by atoms with Crippen LogP contribution in [0.15, 0.2) is 0 Å². The molecule has 0 radical (unpaired) electrons. The minimum absolute atomic E-state index is 0.0839. The van der Waals surface area contributed by atoms with Gasteiger partial charge in [0.05, 0.1) is 18.9 Å². The van der Waals surface area contributed by atoms with Crippen LogP contribution in [0.25, 0.3) is 0 Å². The molecule has 4 unspecified atom stereocenters. The molecule has 192 valence electrons. The normalized spacial score (nSPS) is 14.1. The molecule has 0 aliphatic heterocycles. The van der Waals surface area contributed by atoms with Crippen molar-refractivity contribution in [1.29, 1.82) is 0 Å². The van der Waals surface area contributed by atoms with E-state index >= 15 is 0 Å². The van der Waals surface area contributed by atoms with Crippen LogP contribution in [0, 0.1) is 0 Å². The Morgan fingerprint density at radius 2 is 1.29 bits per heavy atom. The van der Waals surface area contributed by atoms with Crippen LogP contribution in [0.1, 0.15) is 32.1 Å². The van der Waals surface area contributed by atoms with Gasteiger partial charge in [-0.05, 0) is 24.9 Å². The van der Waals surface area contributed by atoms with Gasteiger partial charge in [0.25, 0.3) is 0 Å². The first-order chi connectivity index (χ1) is 15.8. The zero-order valence-corrected chi connectivity index (χ0v) is 19.3. The lowest BCUT2D eigenvalue weighted by molar-refractivity contribution is -0.142. The molecule has 0 saturated heterocycles. The summed E-state index contributed by atoms with van der Waals surface area (Å²) in [5.41, 5.74) is 15.6. The average Bonchev–Trinajstić information content (AvgIpc) is 2.71. The quantitative estimate of drug-likeness (QED) is 0.0947. The number of thioether (sulfide) groups is 1. The topological polar surface area (TPSA) is 274 Å². The Morgan fingerprint density at radius 3 is 1.76 bits per heavy atom. The second-order valence-corrected chi connectivity index (χ2v) is 8.17. The molecule has 11 N–H and O–H groups in total. The van der Waals surface area contributed by atoms with Gasteiger partial charge in [0.2, 0.25) is 29.5 Å². The van der Waals surface area contributed by atoms with Crippen LogP contribution in [-0.4, -0.2) is 87.9 Å². The van der Waals surface area contributed by atoms with Crippen molar-refractivity contribution in [3.63, 3.8) is 0 Å². The number of primary amides is 2. The van der Waals surface area contributed by atoms with Gasteiger partial charge < -0.3 is 43.4 Å². The Bertz CT molecular complexity index is 794. The molecule has 5 amide bonds. The zero-order valence-electron chi connectivity index (χ0n) is 18.4. The summed E-state index contributed by atoms with van der Waals surface area (Å²) < 4.78 is 0. The number of rotatable bonds is 17. The van der Waals surface area contributed by atoms with Crippen LogP contribution in [0.2, 0.25) is 0 Å². The van der Waals surface area contributed by atoms with Gasteiger partial charge in [-0.25, -0.2) is 4.79 Å². The summed E-state index contributed by atoms with van der Waals surface area (Å²) in [4.78, 5) is 82.1. The number of carboxylic acids is 2. The van der Waals surface area contributed by atoms with E-state index in [0.29, 0.717) is 5.75 Å². The van der Waals surface area contributed by atoms with Crippen LogP contribution in [-0.2, 0) is 33.6 Å². The third kappa shape index (κ3) is 12.6. The molecule has 0 rings (SSSR count). The van der Waals surface area contributed by atoms with Crippen LogP contribution in [0.3, 0.4) is 0 Å². The molecule has 0 aliphatic rings. The third-order valence-electron chi connectivity index (χ3n) is 4.31. The molecule has 4 atom stereocenters. The van der Waals surface area contributed by atoms with Gasteiger partial charge in [-0.1, -0.05) is 0 Å². The molecular formula is C18H30N6O9S. The summed E-state index contributed by atoms with van der Waals surface area (Å²) in [6.45, 7) is 0. The van der Waals surface area contributed by atoms with Crippen molar-refractivity contribution in [3.8, 4) is 0 Å². The minimum atomic E-state index is -1.62. The number of hydrogen-bond donors (Lipinski definition) is 8. The fourth-order valence-electron chi connectivity index (χ4n) is 2.56. The second kappa shape index (κ2) is 15.4. The predicted octanol–water partition coefficient (Wildman–Crippen LogP) is -3.78. The molecule has 16 heteroatoms. The smallest absolute Gasteiger partial charge is 0.326 e. The molecule has 0 bridgehead atoms. The number of nitrogens with one attached hydrogen (secondary N) is 3. The van der Waals surface area contributed by atoms with E-state index in [1.165, 1.54) is 11.8 Å². The van der Waals surface area contributed by atoms with Crippen LogP contribution < -0.4 is 33.2 Å². The average molecular weight is 507 g/mol. The number of carbonyl (C=O) groups is 7. The van der Waals surface area contributed by atoms with Crippen LogP contribution in [0.5, 0.6) is 0 Å². The number of nitrogens with two attached hydrogens (primary N) is 3. The first-order valence-electron chi connectivity index (χ1n) is 9.95. The number of aliphatic carboxylic acids is 2. The van der Waals surface area contributed by atoms with E-state index in [1.54, 1.807) is 6.26 Å². The van der Waals surface area contributed by atoms with E-state index in [4.69, 9.17) is 22.3 Å². The first-order valence-corrected chi connectivity index (χ1v) is 11.3. The van der Waals surface area contributed by atoms with Gasteiger partial charge in [-0.15, -0.1) is 0 Å². The zero-order chi connectivity index (χ0) is 26.4. The molecule has 34 heavy (non-hydrogen) atoms.